The van der Waals surface area contributed by atoms with Gasteiger partial charge < -0.3 is 19.7 Å². The fourth-order valence-electron chi connectivity index (χ4n) is 4.98. The fourth-order valence-corrected chi connectivity index (χ4v) is 6.40. The zero-order valence-corrected chi connectivity index (χ0v) is 27.0. The average molecular weight is 610 g/mol. The minimum absolute atomic E-state index is 0.0599. The maximum atomic E-state index is 14.3. The molecule has 0 fully saturated rings. The fraction of sp³-hybridized carbons (Fsp3) is 0.394. The molecule has 2 amide bonds. The summed E-state index contributed by atoms with van der Waals surface area (Å²) >= 11 is 0. The summed E-state index contributed by atoms with van der Waals surface area (Å²) in [5, 5.41) is 2.91. The summed E-state index contributed by atoms with van der Waals surface area (Å²) < 4.78 is 40.4. The van der Waals surface area contributed by atoms with Gasteiger partial charge in [-0.1, -0.05) is 44.2 Å². The topological polar surface area (TPSA) is 105 Å². The van der Waals surface area contributed by atoms with E-state index in [-0.39, 0.29) is 23.1 Å². The van der Waals surface area contributed by atoms with Crippen molar-refractivity contribution in [3.8, 4) is 11.5 Å². The molecular weight excluding hydrogens is 566 g/mol. The predicted molar refractivity (Wildman–Crippen MR) is 169 cm³/mol. The van der Waals surface area contributed by atoms with Crippen LogP contribution in [-0.4, -0.2) is 58.5 Å². The van der Waals surface area contributed by atoms with Crippen LogP contribution in [-0.2, 0) is 26.2 Å². The second-order valence-electron chi connectivity index (χ2n) is 10.5. The molecule has 3 aromatic rings. The Balaban J connectivity index is 2.14. The van der Waals surface area contributed by atoms with Crippen molar-refractivity contribution in [2.24, 2.45) is 0 Å². The number of anilines is 1. The van der Waals surface area contributed by atoms with E-state index in [2.05, 4.69) is 5.32 Å². The number of amides is 2. The molecule has 0 saturated heterocycles. The van der Waals surface area contributed by atoms with Crippen LogP contribution in [0.25, 0.3) is 0 Å². The number of benzene rings is 3. The van der Waals surface area contributed by atoms with E-state index in [0.29, 0.717) is 24.4 Å². The number of nitrogens with one attached hydrogen (secondary N) is 1. The number of carbonyl (C=O) groups is 2. The zero-order chi connectivity index (χ0) is 31.7. The van der Waals surface area contributed by atoms with Crippen molar-refractivity contribution < 1.29 is 27.5 Å². The molecule has 3 aromatic carbocycles. The summed E-state index contributed by atoms with van der Waals surface area (Å²) in [6, 6.07) is 16.6. The van der Waals surface area contributed by atoms with E-state index in [0.717, 1.165) is 33.0 Å². The molecule has 9 nitrogen and oxygen atoms in total. The standard InChI is InChI=1S/C33H43N3O6S/c1-8-16-34-33(38)29(9-2)35(21-26-13-11-10-12-25(26)5)32(37)22-36(27-18-23(3)17-24(4)19-27)43(39,40)28-14-15-30(41-6)31(20-28)42-7/h10-15,17-20,29H,8-9,16,21-22H2,1-7H3,(H,34,38)/t29-/m0/s1. The molecule has 0 aliphatic rings. The molecule has 10 heteroatoms. The first kappa shape index (κ1) is 33.5. The monoisotopic (exact) mass is 609 g/mol. The molecule has 1 atom stereocenters. The maximum Gasteiger partial charge on any atom is 0.264 e. The van der Waals surface area contributed by atoms with Crippen LogP contribution >= 0.6 is 0 Å². The van der Waals surface area contributed by atoms with Crippen LogP contribution in [0, 0.1) is 20.8 Å². The Bertz CT molecular complexity index is 1520. The van der Waals surface area contributed by atoms with Gasteiger partial charge >= 0.3 is 0 Å². The third kappa shape index (κ3) is 8.07. The Morgan fingerprint density at radius 2 is 1.53 bits per heavy atom. The lowest BCUT2D eigenvalue weighted by atomic mass is 10.1. The Kier molecular flexibility index (Phi) is 11.6. The summed E-state index contributed by atoms with van der Waals surface area (Å²) in [7, 11) is -1.38. The molecule has 43 heavy (non-hydrogen) atoms. The molecule has 0 aromatic heterocycles. The Morgan fingerprint density at radius 1 is 0.884 bits per heavy atom. The number of ether oxygens (including phenoxy) is 2. The van der Waals surface area contributed by atoms with Gasteiger partial charge in [-0.25, -0.2) is 8.42 Å². The van der Waals surface area contributed by atoms with Crippen molar-refractivity contribution >= 4 is 27.5 Å². The summed E-state index contributed by atoms with van der Waals surface area (Å²) in [6.45, 7) is 9.60. The first-order valence-electron chi connectivity index (χ1n) is 14.4. The summed E-state index contributed by atoms with van der Waals surface area (Å²) in [5.74, 6) is -0.143. The van der Waals surface area contributed by atoms with E-state index in [1.165, 1.54) is 37.3 Å². The smallest absolute Gasteiger partial charge is 0.264 e. The van der Waals surface area contributed by atoms with Crippen molar-refractivity contribution in [2.75, 3.05) is 31.6 Å². The van der Waals surface area contributed by atoms with Gasteiger partial charge in [-0.3, -0.25) is 13.9 Å². The van der Waals surface area contributed by atoms with Crippen LogP contribution in [0.3, 0.4) is 0 Å². The molecular formula is C33H43N3O6S. The van der Waals surface area contributed by atoms with Crippen LogP contribution in [0.4, 0.5) is 5.69 Å². The first-order chi connectivity index (χ1) is 20.5. The van der Waals surface area contributed by atoms with E-state index in [1.807, 2.05) is 65.0 Å². The highest BCUT2D eigenvalue weighted by atomic mass is 32.2. The first-order valence-corrected chi connectivity index (χ1v) is 15.9. The molecule has 0 aliphatic carbocycles. The molecule has 3 rings (SSSR count). The van der Waals surface area contributed by atoms with Gasteiger partial charge in [0.05, 0.1) is 24.8 Å². The van der Waals surface area contributed by atoms with Gasteiger partial charge in [0.15, 0.2) is 11.5 Å². The Morgan fingerprint density at radius 3 is 2.12 bits per heavy atom. The van der Waals surface area contributed by atoms with Crippen molar-refractivity contribution in [2.45, 2.75) is 64.9 Å². The summed E-state index contributed by atoms with van der Waals surface area (Å²) in [5.41, 5.74) is 3.88. The van der Waals surface area contributed by atoms with Crippen LogP contribution in [0.2, 0.25) is 0 Å². The molecule has 0 saturated carbocycles. The molecule has 0 bridgehead atoms. The molecule has 0 aliphatic heterocycles. The highest BCUT2D eigenvalue weighted by molar-refractivity contribution is 7.92. The van der Waals surface area contributed by atoms with E-state index in [9.17, 15) is 18.0 Å². The van der Waals surface area contributed by atoms with Crippen LogP contribution < -0.4 is 19.1 Å². The third-order valence-corrected chi connectivity index (χ3v) is 9.02. The van der Waals surface area contributed by atoms with Gasteiger partial charge in [0.2, 0.25) is 11.8 Å². The zero-order valence-electron chi connectivity index (χ0n) is 26.1. The second-order valence-corrected chi connectivity index (χ2v) is 12.4. The lowest BCUT2D eigenvalue weighted by Crippen LogP contribution is -2.52. The van der Waals surface area contributed by atoms with Gasteiger partial charge in [0.25, 0.3) is 10.0 Å². The van der Waals surface area contributed by atoms with Crippen molar-refractivity contribution in [3.63, 3.8) is 0 Å². The van der Waals surface area contributed by atoms with Gasteiger partial charge in [0.1, 0.15) is 12.6 Å². The SMILES string of the molecule is CCCNC(=O)[C@H](CC)N(Cc1ccccc1C)C(=O)CN(c1cc(C)cc(C)c1)S(=O)(=O)c1ccc(OC)c(OC)c1. The molecule has 0 unspecified atom stereocenters. The molecule has 232 valence electrons. The number of sulfonamides is 1. The molecule has 0 radical (unpaired) electrons. The van der Waals surface area contributed by atoms with Gasteiger partial charge in [-0.15, -0.1) is 0 Å². The number of nitrogens with zero attached hydrogens (tertiary/aromatic N) is 2. The van der Waals surface area contributed by atoms with E-state index in [1.54, 1.807) is 12.1 Å². The lowest BCUT2D eigenvalue weighted by molar-refractivity contribution is -0.140. The summed E-state index contributed by atoms with van der Waals surface area (Å²) in [4.78, 5) is 29.0. The number of hydrogen-bond acceptors (Lipinski definition) is 6. The molecule has 1 N–H and O–H groups in total. The van der Waals surface area contributed by atoms with Crippen LogP contribution in [0.5, 0.6) is 11.5 Å². The van der Waals surface area contributed by atoms with Gasteiger partial charge in [0, 0.05) is 19.2 Å². The minimum atomic E-state index is -4.27. The normalized spacial score (nSPS) is 11.9. The van der Waals surface area contributed by atoms with Gasteiger partial charge in [-0.05, 0) is 80.1 Å². The number of aryl methyl sites for hydroxylation is 3. The summed E-state index contributed by atoms with van der Waals surface area (Å²) in [6.07, 6.45) is 1.11. The number of rotatable bonds is 14. The molecule has 0 spiro atoms. The van der Waals surface area contributed by atoms with E-state index < -0.39 is 28.5 Å². The van der Waals surface area contributed by atoms with Crippen molar-refractivity contribution in [1.82, 2.24) is 10.2 Å². The Hall–Kier alpha value is -4.05. The Labute approximate surface area is 255 Å². The van der Waals surface area contributed by atoms with Crippen molar-refractivity contribution in [1.29, 1.82) is 0 Å². The quantitative estimate of drug-likeness (QED) is 0.271. The minimum Gasteiger partial charge on any atom is -0.493 e. The van der Waals surface area contributed by atoms with Crippen LogP contribution in [0.1, 0.15) is 48.9 Å². The predicted octanol–water partition coefficient (Wildman–Crippen LogP) is 5.16. The molecule has 0 heterocycles. The average Bonchev–Trinajstić information content (AvgIpc) is 2.98. The number of methoxy groups -OCH3 is 2. The second kappa shape index (κ2) is 14.9. The lowest BCUT2D eigenvalue weighted by Gasteiger charge is -2.33. The largest absolute Gasteiger partial charge is 0.493 e. The maximum absolute atomic E-state index is 14.3. The van der Waals surface area contributed by atoms with Gasteiger partial charge in [-0.2, -0.15) is 0 Å². The van der Waals surface area contributed by atoms with E-state index >= 15 is 0 Å². The third-order valence-electron chi connectivity index (χ3n) is 7.25. The highest BCUT2D eigenvalue weighted by Gasteiger charge is 2.34. The highest BCUT2D eigenvalue weighted by Crippen LogP contribution is 2.33. The van der Waals surface area contributed by atoms with Crippen molar-refractivity contribution in [3.05, 3.63) is 82.9 Å². The number of hydrogen-bond donors (Lipinski definition) is 1. The number of carbonyl (C=O) groups excluding carboxylic acids is 2. The van der Waals surface area contributed by atoms with Crippen LogP contribution in [0.15, 0.2) is 65.6 Å². The van der Waals surface area contributed by atoms with E-state index in [4.69, 9.17) is 9.47 Å².